The van der Waals surface area contributed by atoms with Crippen molar-refractivity contribution in [1.82, 2.24) is 10.2 Å². The van der Waals surface area contributed by atoms with Crippen LogP contribution >= 0.6 is 0 Å². The number of anilines is 2. The van der Waals surface area contributed by atoms with Gasteiger partial charge in [0.1, 0.15) is 0 Å². The number of carbonyl (C=O) groups excluding carboxylic acids is 4. The number of imide groups is 2. The Morgan fingerprint density at radius 1 is 1.19 bits per heavy atom. The minimum atomic E-state index is -1.16. The van der Waals surface area contributed by atoms with Gasteiger partial charge in [0, 0.05) is 19.2 Å². The third-order valence-corrected chi connectivity index (χ3v) is 4.12. The zero-order valence-electron chi connectivity index (χ0n) is 15.7. The molecule has 1 aliphatic heterocycles. The molecule has 0 unspecified atom stereocenters. The molecule has 1 aliphatic rings. The summed E-state index contributed by atoms with van der Waals surface area (Å²) < 4.78 is 0. The van der Waals surface area contributed by atoms with Crippen LogP contribution in [0.4, 0.5) is 16.2 Å². The maximum Gasteiger partial charge on any atom is 0.330 e. The van der Waals surface area contributed by atoms with Crippen LogP contribution in [0.15, 0.2) is 36.0 Å². The number of unbranched alkanes of at least 4 members (excludes halogenated alkanes) is 1. The summed E-state index contributed by atoms with van der Waals surface area (Å²) in [7, 11) is 0. The van der Waals surface area contributed by atoms with Crippen LogP contribution in [0.2, 0.25) is 0 Å². The van der Waals surface area contributed by atoms with E-state index in [4.69, 9.17) is 0 Å². The molecule has 1 saturated heterocycles. The van der Waals surface area contributed by atoms with Crippen molar-refractivity contribution in [2.75, 3.05) is 17.2 Å². The van der Waals surface area contributed by atoms with Gasteiger partial charge in [0.05, 0.1) is 11.4 Å². The topological polar surface area (TPSA) is 108 Å². The average molecular weight is 372 g/mol. The fourth-order valence-corrected chi connectivity index (χ4v) is 2.77. The number of hydrogen-bond acceptors (Lipinski definition) is 5. The molecule has 3 N–H and O–H groups in total. The number of para-hydroxylation sites is 2. The number of nitrogens with one attached hydrogen (secondary N) is 3. The van der Waals surface area contributed by atoms with Crippen LogP contribution in [-0.4, -0.2) is 35.2 Å². The lowest BCUT2D eigenvalue weighted by atomic mass is 9.99. The van der Waals surface area contributed by atoms with E-state index in [1.807, 2.05) is 6.92 Å². The lowest BCUT2D eigenvalue weighted by Gasteiger charge is -2.31. The minimum absolute atomic E-state index is 0.242. The van der Waals surface area contributed by atoms with Crippen molar-refractivity contribution in [2.45, 2.75) is 33.6 Å². The molecular formula is C19H24N4O4. The fraction of sp³-hybridized carbons (Fsp3) is 0.368. The Morgan fingerprint density at radius 3 is 2.37 bits per heavy atom. The zero-order valence-corrected chi connectivity index (χ0v) is 15.7. The highest BCUT2D eigenvalue weighted by atomic mass is 16.2. The number of barbiturate groups is 1. The van der Waals surface area contributed by atoms with E-state index >= 15 is 0 Å². The summed E-state index contributed by atoms with van der Waals surface area (Å²) in [5.41, 5.74) is 1.40. The molecule has 1 aromatic rings. The molecule has 8 heteroatoms. The van der Waals surface area contributed by atoms with Crippen molar-refractivity contribution in [3.05, 3.63) is 36.0 Å². The SMILES string of the molecule is CC=C(Nc1ccccc1NC(C)=O)[C@@H]1C(=O)NC(=O)N(CCCC)C1=O. The second-order valence-corrected chi connectivity index (χ2v) is 6.17. The maximum absolute atomic E-state index is 12.8. The molecule has 2 rings (SSSR count). The third-order valence-electron chi connectivity index (χ3n) is 4.12. The maximum atomic E-state index is 12.8. The first-order chi connectivity index (χ1) is 12.9. The smallest absolute Gasteiger partial charge is 0.330 e. The van der Waals surface area contributed by atoms with Crippen LogP contribution in [0.3, 0.4) is 0 Å². The highest BCUT2D eigenvalue weighted by molar-refractivity contribution is 6.18. The Hall–Kier alpha value is -3.16. The van der Waals surface area contributed by atoms with Gasteiger partial charge in [0.25, 0.3) is 0 Å². The first kappa shape index (κ1) is 20.2. The molecular weight excluding hydrogens is 348 g/mol. The summed E-state index contributed by atoms with van der Waals surface area (Å²) in [6, 6.07) is 6.26. The van der Waals surface area contributed by atoms with Crippen molar-refractivity contribution >= 4 is 35.1 Å². The molecule has 0 bridgehead atoms. The molecule has 1 heterocycles. The largest absolute Gasteiger partial charge is 0.356 e. The van der Waals surface area contributed by atoms with Crippen LogP contribution < -0.4 is 16.0 Å². The van der Waals surface area contributed by atoms with Gasteiger partial charge < -0.3 is 10.6 Å². The van der Waals surface area contributed by atoms with Gasteiger partial charge in [-0.15, -0.1) is 0 Å². The van der Waals surface area contributed by atoms with Crippen LogP contribution in [0.5, 0.6) is 0 Å². The van der Waals surface area contributed by atoms with Crippen LogP contribution in [0.25, 0.3) is 0 Å². The molecule has 0 spiro atoms. The van der Waals surface area contributed by atoms with Gasteiger partial charge in [-0.25, -0.2) is 4.79 Å². The summed E-state index contributed by atoms with van der Waals surface area (Å²) >= 11 is 0. The van der Waals surface area contributed by atoms with Crippen molar-refractivity contribution < 1.29 is 19.2 Å². The Labute approximate surface area is 158 Å². The Kier molecular flexibility index (Phi) is 6.70. The van der Waals surface area contributed by atoms with E-state index < -0.39 is 23.8 Å². The monoisotopic (exact) mass is 372 g/mol. The fourth-order valence-electron chi connectivity index (χ4n) is 2.77. The predicted molar refractivity (Wildman–Crippen MR) is 102 cm³/mol. The van der Waals surface area contributed by atoms with Crippen LogP contribution in [0.1, 0.15) is 33.6 Å². The second-order valence-electron chi connectivity index (χ2n) is 6.17. The number of allylic oxidation sites excluding steroid dienone is 1. The quantitative estimate of drug-likeness (QED) is 0.637. The highest BCUT2D eigenvalue weighted by Crippen LogP contribution is 2.27. The van der Waals surface area contributed by atoms with Gasteiger partial charge in [-0.2, -0.15) is 0 Å². The lowest BCUT2D eigenvalue weighted by molar-refractivity contribution is -0.140. The Bertz CT molecular complexity index is 788. The molecule has 0 aliphatic carbocycles. The van der Waals surface area contributed by atoms with E-state index in [1.165, 1.54) is 6.92 Å². The summed E-state index contributed by atoms with van der Waals surface area (Å²) in [6.45, 7) is 5.29. The summed E-state index contributed by atoms with van der Waals surface area (Å²) in [4.78, 5) is 49.6. The highest BCUT2D eigenvalue weighted by Gasteiger charge is 2.42. The van der Waals surface area contributed by atoms with Crippen LogP contribution in [0, 0.1) is 5.92 Å². The van der Waals surface area contributed by atoms with Gasteiger partial charge in [-0.1, -0.05) is 31.6 Å². The van der Waals surface area contributed by atoms with Crippen LogP contribution in [-0.2, 0) is 14.4 Å². The third kappa shape index (κ3) is 4.72. The molecule has 1 aromatic carbocycles. The number of urea groups is 1. The van der Waals surface area contributed by atoms with E-state index in [1.54, 1.807) is 37.3 Å². The molecule has 8 nitrogen and oxygen atoms in total. The summed E-state index contributed by atoms with van der Waals surface area (Å²) in [5.74, 6) is -2.63. The summed E-state index contributed by atoms with van der Waals surface area (Å²) in [5, 5.41) is 7.99. The number of amides is 5. The van der Waals surface area contributed by atoms with E-state index in [0.717, 1.165) is 11.3 Å². The normalized spacial score (nSPS) is 17.6. The number of nitrogens with zero attached hydrogens (tertiary/aromatic N) is 1. The average Bonchev–Trinajstić information content (AvgIpc) is 2.61. The molecule has 0 radical (unpaired) electrons. The first-order valence-electron chi connectivity index (χ1n) is 8.85. The van der Waals surface area contributed by atoms with Crippen molar-refractivity contribution in [1.29, 1.82) is 0 Å². The molecule has 144 valence electrons. The molecule has 1 atom stereocenters. The van der Waals surface area contributed by atoms with Crippen molar-refractivity contribution in [2.24, 2.45) is 5.92 Å². The standard InChI is InChI=1S/C19H24N4O4/c1-4-6-11-23-18(26)16(17(25)22-19(23)27)13(5-2)21-15-10-8-7-9-14(15)20-12(3)24/h5,7-10,16,21H,4,6,11H2,1-3H3,(H,20,24)(H,22,25,27)/t16-/m1/s1. The minimum Gasteiger partial charge on any atom is -0.356 e. The number of carbonyl (C=O) groups is 4. The molecule has 5 amide bonds. The van der Waals surface area contributed by atoms with Gasteiger partial charge in [0.2, 0.25) is 17.7 Å². The Balaban J connectivity index is 2.29. The van der Waals surface area contributed by atoms with Gasteiger partial charge in [-0.05, 0) is 25.5 Å². The lowest BCUT2D eigenvalue weighted by Crippen LogP contribution is -2.58. The van der Waals surface area contributed by atoms with Crippen molar-refractivity contribution in [3.63, 3.8) is 0 Å². The predicted octanol–water partition coefficient (Wildman–Crippen LogP) is 2.46. The second kappa shape index (κ2) is 8.98. The van der Waals surface area contributed by atoms with E-state index in [9.17, 15) is 19.2 Å². The van der Waals surface area contributed by atoms with Gasteiger partial charge >= 0.3 is 6.03 Å². The molecule has 27 heavy (non-hydrogen) atoms. The molecule has 0 aromatic heterocycles. The molecule has 0 saturated carbocycles. The first-order valence-corrected chi connectivity index (χ1v) is 8.85. The number of hydrogen-bond donors (Lipinski definition) is 3. The van der Waals surface area contributed by atoms with E-state index in [0.29, 0.717) is 23.5 Å². The van der Waals surface area contributed by atoms with E-state index in [2.05, 4.69) is 16.0 Å². The van der Waals surface area contributed by atoms with E-state index in [-0.39, 0.29) is 12.5 Å². The number of rotatable bonds is 7. The van der Waals surface area contributed by atoms with Crippen molar-refractivity contribution in [3.8, 4) is 0 Å². The molecule has 1 fully saturated rings. The Morgan fingerprint density at radius 2 is 1.81 bits per heavy atom. The number of benzene rings is 1. The van der Waals surface area contributed by atoms with Gasteiger partial charge in [0.15, 0.2) is 5.92 Å². The zero-order chi connectivity index (χ0) is 20.0. The van der Waals surface area contributed by atoms with Gasteiger partial charge in [-0.3, -0.25) is 24.6 Å². The summed E-state index contributed by atoms with van der Waals surface area (Å²) in [6.07, 6.45) is 3.08.